The van der Waals surface area contributed by atoms with Gasteiger partial charge in [-0.3, -0.25) is 0 Å². The van der Waals surface area contributed by atoms with Crippen LogP contribution in [0.25, 0.3) is 0 Å². The molecule has 0 unspecified atom stereocenters. The maximum atomic E-state index is 12.6. The van der Waals surface area contributed by atoms with E-state index in [1.54, 1.807) is 19.2 Å². The van der Waals surface area contributed by atoms with Crippen LogP contribution in [0.4, 0.5) is 10.1 Å². The summed E-state index contributed by atoms with van der Waals surface area (Å²) in [5.74, 6) is -0.260. The highest BCUT2D eigenvalue weighted by Crippen LogP contribution is 2.07. The summed E-state index contributed by atoms with van der Waals surface area (Å²) in [4.78, 5) is 0. The molecule has 0 spiro atoms. The second-order valence-electron chi connectivity index (χ2n) is 3.23. The average molecular weight is 242 g/mol. The topological polar surface area (TPSA) is 33.3 Å². The van der Waals surface area contributed by atoms with Crippen LogP contribution in [0.15, 0.2) is 24.3 Å². The lowest BCUT2D eigenvalue weighted by molar-refractivity contribution is 0.196. The van der Waals surface area contributed by atoms with Crippen molar-refractivity contribution in [1.82, 2.24) is 5.32 Å². The van der Waals surface area contributed by atoms with Gasteiger partial charge in [0.1, 0.15) is 5.82 Å². The van der Waals surface area contributed by atoms with Gasteiger partial charge in [-0.1, -0.05) is 0 Å². The fourth-order valence-corrected chi connectivity index (χ4v) is 1.35. The first-order valence-corrected chi connectivity index (χ1v) is 5.42. The van der Waals surface area contributed by atoms with Crippen LogP contribution in [-0.4, -0.2) is 25.4 Å². The molecule has 0 aliphatic rings. The smallest absolute Gasteiger partial charge is 0.170 e. The number of thiocarbonyl (C=S) groups is 1. The molecule has 16 heavy (non-hydrogen) atoms. The number of ether oxygens (including phenoxy) is 1. The monoisotopic (exact) mass is 242 g/mol. The van der Waals surface area contributed by atoms with E-state index in [1.807, 2.05) is 0 Å². The summed E-state index contributed by atoms with van der Waals surface area (Å²) < 4.78 is 17.5. The molecule has 88 valence electrons. The SMILES string of the molecule is COCCCNC(=S)Nc1ccc(F)cc1. The number of hydrogen-bond acceptors (Lipinski definition) is 2. The Hall–Kier alpha value is -1.20. The second-order valence-corrected chi connectivity index (χ2v) is 3.64. The van der Waals surface area contributed by atoms with E-state index in [0.717, 1.165) is 18.7 Å². The van der Waals surface area contributed by atoms with Crippen LogP contribution in [0.3, 0.4) is 0 Å². The maximum Gasteiger partial charge on any atom is 0.170 e. The predicted octanol–water partition coefficient (Wildman–Crippen LogP) is 2.15. The highest BCUT2D eigenvalue weighted by molar-refractivity contribution is 7.80. The van der Waals surface area contributed by atoms with E-state index in [2.05, 4.69) is 10.6 Å². The van der Waals surface area contributed by atoms with Gasteiger partial charge in [-0.2, -0.15) is 0 Å². The molecule has 0 radical (unpaired) electrons. The number of hydrogen-bond donors (Lipinski definition) is 2. The molecule has 0 aliphatic heterocycles. The van der Waals surface area contributed by atoms with Crippen LogP contribution in [0.5, 0.6) is 0 Å². The van der Waals surface area contributed by atoms with Crippen LogP contribution in [0.2, 0.25) is 0 Å². The molecule has 0 aliphatic carbocycles. The molecule has 0 saturated carbocycles. The van der Waals surface area contributed by atoms with Gasteiger partial charge in [0.05, 0.1) is 0 Å². The lowest BCUT2D eigenvalue weighted by atomic mass is 10.3. The van der Waals surface area contributed by atoms with Crippen molar-refractivity contribution in [1.29, 1.82) is 0 Å². The Kier molecular flexibility index (Phi) is 5.74. The molecule has 0 atom stereocenters. The quantitative estimate of drug-likeness (QED) is 0.612. The van der Waals surface area contributed by atoms with Crippen molar-refractivity contribution in [3.63, 3.8) is 0 Å². The van der Waals surface area contributed by atoms with Gasteiger partial charge in [0.2, 0.25) is 0 Å². The minimum Gasteiger partial charge on any atom is -0.385 e. The summed E-state index contributed by atoms with van der Waals surface area (Å²) in [5.41, 5.74) is 0.769. The van der Waals surface area contributed by atoms with Gasteiger partial charge < -0.3 is 15.4 Å². The van der Waals surface area contributed by atoms with E-state index in [1.165, 1.54) is 12.1 Å². The predicted molar refractivity (Wildman–Crippen MR) is 67.1 cm³/mol. The Balaban J connectivity index is 2.26. The van der Waals surface area contributed by atoms with Gasteiger partial charge in [0.25, 0.3) is 0 Å². The Morgan fingerprint density at radius 2 is 2.06 bits per heavy atom. The number of benzene rings is 1. The van der Waals surface area contributed by atoms with Crippen molar-refractivity contribution in [2.24, 2.45) is 0 Å². The summed E-state index contributed by atoms with van der Waals surface area (Å²) in [7, 11) is 1.66. The van der Waals surface area contributed by atoms with E-state index < -0.39 is 0 Å². The van der Waals surface area contributed by atoms with E-state index in [-0.39, 0.29) is 5.82 Å². The average Bonchev–Trinajstić information content (AvgIpc) is 2.28. The zero-order valence-corrected chi connectivity index (χ0v) is 9.94. The van der Waals surface area contributed by atoms with E-state index in [0.29, 0.717) is 11.7 Å². The Bertz CT molecular complexity index is 329. The van der Waals surface area contributed by atoms with E-state index >= 15 is 0 Å². The summed E-state index contributed by atoms with van der Waals surface area (Å²) in [6, 6.07) is 6.04. The minimum atomic E-state index is -0.260. The number of nitrogens with one attached hydrogen (secondary N) is 2. The molecule has 0 heterocycles. The third-order valence-electron chi connectivity index (χ3n) is 1.91. The fourth-order valence-electron chi connectivity index (χ4n) is 1.13. The van der Waals surface area contributed by atoms with E-state index in [9.17, 15) is 4.39 Å². The molecule has 2 N–H and O–H groups in total. The van der Waals surface area contributed by atoms with Gasteiger partial charge in [0.15, 0.2) is 5.11 Å². The first kappa shape index (κ1) is 12.9. The first-order chi connectivity index (χ1) is 7.72. The normalized spacial score (nSPS) is 9.88. The molecule has 0 saturated heterocycles. The Labute approximate surface area is 100.0 Å². The molecule has 1 aromatic rings. The van der Waals surface area contributed by atoms with Crippen LogP contribution < -0.4 is 10.6 Å². The van der Waals surface area contributed by atoms with Gasteiger partial charge in [-0.05, 0) is 42.9 Å². The summed E-state index contributed by atoms with van der Waals surface area (Å²) in [6.45, 7) is 1.45. The molecule has 0 fully saturated rings. The van der Waals surface area contributed by atoms with Gasteiger partial charge in [0, 0.05) is 25.9 Å². The Morgan fingerprint density at radius 1 is 1.38 bits per heavy atom. The zero-order chi connectivity index (χ0) is 11.8. The van der Waals surface area contributed by atoms with Crippen molar-refractivity contribution in [2.75, 3.05) is 25.6 Å². The highest BCUT2D eigenvalue weighted by Gasteiger charge is 1.97. The zero-order valence-electron chi connectivity index (χ0n) is 9.13. The van der Waals surface area contributed by atoms with E-state index in [4.69, 9.17) is 17.0 Å². The largest absolute Gasteiger partial charge is 0.385 e. The van der Waals surface area contributed by atoms with Crippen molar-refractivity contribution >= 4 is 23.0 Å². The van der Waals surface area contributed by atoms with Crippen molar-refractivity contribution < 1.29 is 9.13 Å². The lowest BCUT2D eigenvalue weighted by Gasteiger charge is -2.09. The molecule has 0 amide bonds. The number of rotatable bonds is 5. The van der Waals surface area contributed by atoms with Crippen LogP contribution in [-0.2, 0) is 4.74 Å². The third kappa shape index (κ3) is 5.04. The molecule has 1 aromatic carbocycles. The van der Waals surface area contributed by atoms with Crippen molar-refractivity contribution in [2.45, 2.75) is 6.42 Å². The molecule has 1 rings (SSSR count). The number of anilines is 1. The van der Waals surface area contributed by atoms with Crippen LogP contribution in [0.1, 0.15) is 6.42 Å². The van der Waals surface area contributed by atoms with Gasteiger partial charge in [-0.25, -0.2) is 4.39 Å². The Morgan fingerprint density at radius 3 is 2.69 bits per heavy atom. The second kappa shape index (κ2) is 7.14. The third-order valence-corrected chi connectivity index (χ3v) is 2.16. The fraction of sp³-hybridized carbons (Fsp3) is 0.364. The molecule has 0 bridgehead atoms. The van der Waals surface area contributed by atoms with Crippen molar-refractivity contribution in [3.05, 3.63) is 30.1 Å². The van der Waals surface area contributed by atoms with Crippen LogP contribution >= 0.6 is 12.2 Å². The molecule has 3 nitrogen and oxygen atoms in total. The standard InChI is InChI=1S/C11H15FN2OS/c1-15-8-2-7-13-11(16)14-10-5-3-9(12)4-6-10/h3-6H,2,7-8H2,1H3,(H2,13,14,16). The highest BCUT2D eigenvalue weighted by atomic mass is 32.1. The first-order valence-electron chi connectivity index (χ1n) is 5.01. The van der Waals surface area contributed by atoms with Gasteiger partial charge in [-0.15, -0.1) is 0 Å². The lowest BCUT2D eigenvalue weighted by Crippen LogP contribution is -2.29. The molecular formula is C11H15FN2OS. The van der Waals surface area contributed by atoms with Crippen LogP contribution in [0, 0.1) is 5.82 Å². The minimum absolute atomic E-state index is 0.260. The molecule has 5 heteroatoms. The maximum absolute atomic E-state index is 12.6. The summed E-state index contributed by atoms with van der Waals surface area (Å²) >= 11 is 5.06. The summed E-state index contributed by atoms with van der Waals surface area (Å²) in [6.07, 6.45) is 0.891. The number of methoxy groups -OCH3 is 1. The molecular weight excluding hydrogens is 227 g/mol. The van der Waals surface area contributed by atoms with Gasteiger partial charge >= 0.3 is 0 Å². The van der Waals surface area contributed by atoms with Crippen molar-refractivity contribution in [3.8, 4) is 0 Å². The molecule has 0 aromatic heterocycles. The number of halogens is 1. The summed E-state index contributed by atoms with van der Waals surface area (Å²) in [5, 5.41) is 6.52.